The molecule has 0 bridgehead atoms. The van der Waals surface area contributed by atoms with Crippen molar-refractivity contribution in [2.75, 3.05) is 11.9 Å². The summed E-state index contributed by atoms with van der Waals surface area (Å²) in [5.74, 6) is 10.7. The van der Waals surface area contributed by atoms with Gasteiger partial charge in [0.25, 0.3) is 0 Å². The maximum atomic E-state index is 10.2. The van der Waals surface area contributed by atoms with Crippen molar-refractivity contribution in [3.63, 3.8) is 0 Å². The third-order valence-corrected chi connectivity index (χ3v) is 1.79. The number of anilines is 1. The van der Waals surface area contributed by atoms with E-state index in [4.69, 9.17) is 11.7 Å². The average Bonchev–Trinajstić information content (AvgIpc) is 2.29. The van der Waals surface area contributed by atoms with Gasteiger partial charge in [-0.1, -0.05) is 12.1 Å². The standard InChI is InChI=1S/C9H13N5O/c10-13-9(14-11)7-2-1-3-8(6-7)12-4-5-15/h1-3,5-6,12H,4,10-11H2,(H,13,14). The zero-order valence-electron chi connectivity index (χ0n) is 8.10. The van der Waals surface area contributed by atoms with Gasteiger partial charge in [-0.2, -0.15) is 5.10 Å². The first-order chi connectivity index (χ1) is 7.31. The number of nitrogens with one attached hydrogen (secondary N) is 2. The lowest BCUT2D eigenvalue weighted by Crippen LogP contribution is -2.32. The van der Waals surface area contributed by atoms with Crippen LogP contribution in [0.2, 0.25) is 0 Å². The lowest BCUT2D eigenvalue weighted by Gasteiger charge is -2.07. The van der Waals surface area contributed by atoms with Crippen LogP contribution in [0.5, 0.6) is 0 Å². The lowest BCUT2D eigenvalue weighted by molar-refractivity contribution is -0.106. The highest BCUT2D eigenvalue weighted by atomic mass is 16.1. The van der Waals surface area contributed by atoms with Gasteiger partial charge in [0.05, 0.1) is 6.54 Å². The number of hydrogen-bond acceptors (Lipinski definition) is 5. The number of hydrogen-bond donors (Lipinski definition) is 4. The number of rotatable bonds is 4. The minimum absolute atomic E-state index is 0.259. The number of aldehydes is 1. The molecule has 1 aromatic rings. The molecule has 15 heavy (non-hydrogen) atoms. The fourth-order valence-electron chi connectivity index (χ4n) is 1.13. The van der Waals surface area contributed by atoms with Gasteiger partial charge in [0.15, 0.2) is 5.84 Å². The number of nitrogens with zero attached hydrogens (tertiary/aromatic N) is 1. The van der Waals surface area contributed by atoms with E-state index < -0.39 is 0 Å². The van der Waals surface area contributed by atoms with Crippen molar-refractivity contribution in [3.8, 4) is 0 Å². The van der Waals surface area contributed by atoms with Crippen LogP contribution in [-0.4, -0.2) is 18.7 Å². The van der Waals surface area contributed by atoms with Crippen LogP contribution in [0.3, 0.4) is 0 Å². The van der Waals surface area contributed by atoms with Crippen LogP contribution >= 0.6 is 0 Å². The van der Waals surface area contributed by atoms with E-state index in [2.05, 4.69) is 15.8 Å². The number of carbonyl (C=O) groups is 1. The molecule has 6 heteroatoms. The summed E-state index contributed by atoms with van der Waals surface area (Å²) in [6.07, 6.45) is 0.784. The van der Waals surface area contributed by atoms with Crippen LogP contribution < -0.4 is 22.4 Å². The fourth-order valence-corrected chi connectivity index (χ4v) is 1.13. The predicted octanol–water partition coefficient (Wildman–Crippen LogP) is -0.619. The molecule has 0 unspecified atom stereocenters. The Balaban J connectivity index is 2.86. The van der Waals surface area contributed by atoms with E-state index >= 15 is 0 Å². The molecule has 0 saturated heterocycles. The van der Waals surface area contributed by atoms with Gasteiger partial charge >= 0.3 is 0 Å². The molecule has 0 heterocycles. The average molecular weight is 207 g/mol. The van der Waals surface area contributed by atoms with Gasteiger partial charge in [-0.3, -0.25) is 0 Å². The Morgan fingerprint density at radius 1 is 1.53 bits per heavy atom. The Morgan fingerprint density at radius 2 is 2.33 bits per heavy atom. The molecule has 6 N–H and O–H groups in total. The van der Waals surface area contributed by atoms with Gasteiger partial charge in [-0.25, -0.2) is 5.84 Å². The van der Waals surface area contributed by atoms with Crippen LogP contribution in [0.25, 0.3) is 0 Å². The van der Waals surface area contributed by atoms with E-state index in [1.54, 1.807) is 12.1 Å². The van der Waals surface area contributed by atoms with Crippen LogP contribution in [-0.2, 0) is 4.79 Å². The number of hydrazine groups is 1. The third-order valence-electron chi connectivity index (χ3n) is 1.79. The Hall–Kier alpha value is -2.08. The second-order valence-electron chi connectivity index (χ2n) is 2.75. The summed E-state index contributed by atoms with van der Waals surface area (Å²) >= 11 is 0. The molecule has 0 saturated carbocycles. The van der Waals surface area contributed by atoms with Crippen molar-refractivity contribution >= 4 is 17.8 Å². The Bertz CT molecular complexity index is 363. The number of nitrogens with two attached hydrogens (primary N) is 2. The third kappa shape index (κ3) is 2.96. The van der Waals surface area contributed by atoms with Crippen molar-refractivity contribution in [2.45, 2.75) is 0 Å². The van der Waals surface area contributed by atoms with Crippen LogP contribution in [0, 0.1) is 0 Å². The van der Waals surface area contributed by atoms with Gasteiger partial charge < -0.3 is 21.4 Å². The summed E-state index contributed by atoms with van der Waals surface area (Å²) in [7, 11) is 0. The molecule has 0 aromatic heterocycles. The number of benzene rings is 1. The van der Waals surface area contributed by atoms with Crippen LogP contribution in [0.4, 0.5) is 5.69 Å². The maximum Gasteiger partial charge on any atom is 0.166 e. The number of amidine groups is 1. The second-order valence-corrected chi connectivity index (χ2v) is 2.75. The maximum absolute atomic E-state index is 10.2. The summed E-state index contributed by atoms with van der Waals surface area (Å²) in [4.78, 5) is 10.2. The van der Waals surface area contributed by atoms with Gasteiger partial charge in [-0.15, -0.1) is 0 Å². The van der Waals surface area contributed by atoms with Crippen LogP contribution in [0.1, 0.15) is 5.56 Å². The molecule has 0 spiro atoms. The fraction of sp³-hybridized carbons (Fsp3) is 0.111. The minimum atomic E-state index is 0.259. The Kier molecular flexibility index (Phi) is 4.11. The van der Waals surface area contributed by atoms with Crippen molar-refractivity contribution in [3.05, 3.63) is 29.8 Å². The molecule has 0 fully saturated rings. The monoisotopic (exact) mass is 207 g/mol. The zero-order chi connectivity index (χ0) is 11.1. The molecule has 6 nitrogen and oxygen atoms in total. The molecule has 0 aliphatic carbocycles. The molecule has 1 rings (SSSR count). The molecular weight excluding hydrogens is 194 g/mol. The van der Waals surface area contributed by atoms with Crippen molar-refractivity contribution in [2.24, 2.45) is 16.8 Å². The normalized spacial score (nSPS) is 10.9. The topological polar surface area (TPSA) is 106 Å². The quantitative estimate of drug-likeness (QED) is 0.173. The van der Waals surface area contributed by atoms with Gasteiger partial charge in [0, 0.05) is 11.3 Å². The van der Waals surface area contributed by atoms with E-state index in [1.165, 1.54) is 0 Å². The summed E-state index contributed by atoms with van der Waals surface area (Å²) in [5.41, 5.74) is 3.93. The van der Waals surface area contributed by atoms with Crippen LogP contribution in [0.15, 0.2) is 29.4 Å². The molecule has 0 atom stereocenters. The van der Waals surface area contributed by atoms with Crippen molar-refractivity contribution < 1.29 is 4.79 Å². The summed E-state index contributed by atoms with van der Waals surface area (Å²) < 4.78 is 0. The molecular formula is C9H13N5O. The summed E-state index contributed by atoms with van der Waals surface area (Å²) in [6, 6.07) is 7.23. The highest BCUT2D eigenvalue weighted by Gasteiger charge is 2.01. The molecule has 1 aromatic carbocycles. The first-order valence-electron chi connectivity index (χ1n) is 4.34. The molecule has 0 amide bonds. The molecule has 0 radical (unpaired) electrons. The highest BCUT2D eigenvalue weighted by Crippen LogP contribution is 2.09. The SMILES string of the molecule is N/N=C(/NN)c1cccc(NCC=O)c1. The van der Waals surface area contributed by atoms with E-state index in [-0.39, 0.29) is 6.54 Å². The Labute approximate surface area is 87.3 Å². The van der Waals surface area contributed by atoms with Gasteiger partial charge in [-0.05, 0) is 12.1 Å². The minimum Gasteiger partial charge on any atom is -0.378 e. The van der Waals surface area contributed by atoms with Gasteiger partial charge in [0.2, 0.25) is 0 Å². The predicted molar refractivity (Wildman–Crippen MR) is 59.0 cm³/mol. The van der Waals surface area contributed by atoms with E-state index in [1.807, 2.05) is 12.1 Å². The summed E-state index contributed by atoms with van der Waals surface area (Å²) in [6.45, 7) is 0.259. The van der Waals surface area contributed by atoms with Crippen molar-refractivity contribution in [1.29, 1.82) is 0 Å². The highest BCUT2D eigenvalue weighted by molar-refractivity contribution is 5.98. The van der Waals surface area contributed by atoms with E-state index in [0.717, 1.165) is 17.5 Å². The molecule has 0 aliphatic heterocycles. The smallest absolute Gasteiger partial charge is 0.166 e. The van der Waals surface area contributed by atoms with E-state index in [0.29, 0.717) is 5.84 Å². The van der Waals surface area contributed by atoms with Crippen molar-refractivity contribution in [1.82, 2.24) is 5.43 Å². The lowest BCUT2D eigenvalue weighted by atomic mass is 10.2. The molecule has 0 aliphatic rings. The number of carbonyl (C=O) groups excluding carboxylic acids is 1. The first-order valence-corrected chi connectivity index (χ1v) is 4.34. The zero-order valence-corrected chi connectivity index (χ0v) is 8.10. The largest absolute Gasteiger partial charge is 0.378 e. The summed E-state index contributed by atoms with van der Waals surface area (Å²) in [5, 5.41) is 6.39. The molecule has 80 valence electrons. The number of hydrazone groups is 1. The Morgan fingerprint density at radius 3 is 2.93 bits per heavy atom. The second kappa shape index (κ2) is 5.61. The first kappa shape index (κ1) is 11.0. The van der Waals surface area contributed by atoms with E-state index in [9.17, 15) is 4.79 Å². The van der Waals surface area contributed by atoms with Gasteiger partial charge in [0.1, 0.15) is 6.29 Å².